The van der Waals surface area contributed by atoms with Gasteiger partial charge in [-0.3, -0.25) is 0 Å². The highest BCUT2D eigenvalue weighted by Crippen LogP contribution is 2.12. The van der Waals surface area contributed by atoms with E-state index >= 15 is 0 Å². The number of hydrogen-bond donors (Lipinski definition) is 1. The van der Waals surface area contributed by atoms with E-state index in [1.54, 1.807) is 0 Å². The van der Waals surface area contributed by atoms with Gasteiger partial charge in [0.2, 0.25) is 0 Å². The predicted molar refractivity (Wildman–Crippen MR) is 39.9 cm³/mol. The maximum atomic E-state index is 13.1. The summed E-state index contributed by atoms with van der Waals surface area (Å²) in [5.41, 5.74) is 5.64. The normalized spacial score (nSPS) is 10.8. The lowest BCUT2D eigenvalue weighted by Gasteiger charge is -2.00. The number of aryl methyl sites for hydroxylation is 1. The Labute approximate surface area is 67.0 Å². The summed E-state index contributed by atoms with van der Waals surface area (Å²) in [6.07, 6.45) is 1.28. The van der Waals surface area contributed by atoms with Crippen LogP contribution in [0.4, 0.5) is 10.2 Å². The van der Waals surface area contributed by atoms with Crippen LogP contribution in [0.25, 0.3) is 5.78 Å². The largest absolute Gasteiger partial charge is 0.381 e. The summed E-state index contributed by atoms with van der Waals surface area (Å²) in [7, 11) is 0. The van der Waals surface area contributed by atoms with E-state index in [1.165, 1.54) is 13.3 Å². The maximum absolute atomic E-state index is 13.1. The molecular formula is C6H6FN5. The number of anilines is 1. The van der Waals surface area contributed by atoms with Crippen LogP contribution in [0.5, 0.6) is 0 Å². The molecule has 0 atom stereocenters. The van der Waals surface area contributed by atoms with Crippen LogP contribution in [0, 0.1) is 12.7 Å². The Morgan fingerprint density at radius 1 is 1.58 bits per heavy atom. The lowest BCUT2D eigenvalue weighted by molar-refractivity contribution is 0.602. The summed E-state index contributed by atoms with van der Waals surface area (Å²) in [5, 5.41) is 3.70. The van der Waals surface area contributed by atoms with Crippen molar-refractivity contribution < 1.29 is 4.39 Å². The summed E-state index contributed by atoms with van der Waals surface area (Å²) >= 11 is 0. The van der Waals surface area contributed by atoms with Gasteiger partial charge in [-0.05, 0) is 6.92 Å². The van der Waals surface area contributed by atoms with Crippen LogP contribution in [-0.4, -0.2) is 19.6 Å². The fourth-order valence-electron chi connectivity index (χ4n) is 0.959. The van der Waals surface area contributed by atoms with Gasteiger partial charge in [0, 0.05) is 0 Å². The van der Waals surface area contributed by atoms with Gasteiger partial charge in [-0.15, -0.1) is 0 Å². The molecule has 2 heterocycles. The molecule has 0 saturated carbocycles. The van der Waals surface area contributed by atoms with E-state index in [0.29, 0.717) is 5.78 Å². The number of fused-ring (bicyclic) bond motifs is 1. The van der Waals surface area contributed by atoms with Crippen LogP contribution in [0.1, 0.15) is 5.69 Å². The first-order chi connectivity index (χ1) is 5.70. The van der Waals surface area contributed by atoms with Gasteiger partial charge in [-0.1, -0.05) is 0 Å². The minimum Gasteiger partial charge on any atom is -0.381 e. The van der Waals surface area contributed by atoms with Crippen molar-refractivity contribution in [2.75, 3.05) is 5.73 Å². The first kappa shape index (κ1) is 6.96. The Balaban J connectivity index is 2.94. The molecule has 5 nitrogen and oxygen atoms in total. The Morgan fingerprint density at radius 3 is 3.08 bits per heavy atom. The molecular weight excluding hydrogens is 161 g/mol. The second-order valence-corrected chi connectivity index (χ2v) is 2.37. The summed E-state index contributed by atoms with van der Waals surface area (Å²) in [6.45, 7) is 1.53. The number of rotatable bonds is 0. The second-order valence-electron chi connectivity index (χ2n) is 2.37. The molecule has 0 unspecified atom stereocenters. The average Bonchev–Trinajstić information content (AvgIpc) is 2.48. The monoisotopic (exact) mass is 167 g/mol. The Hall–Kier alpha value is -1.72. The minimum atomic E-state index is -0.548. The molecule has 0 fully saturated rings. The number of aromatic nitrogens is 4. The third-order valence-electron chi connectivity index (χ3n) is 1.57. The number of hydrogen-bond acceptors (Lipinski definition) is 4. The molecule has 12 heavy (non-hydrogen) atoms. The highest BCUT2D eigenvalue weighted by atomic mass is 19.1. The fraction of sp³-hybridized carbons (Fsp3) is 0.167. The van der Waals surface area contributed by atoms with Crippen LogP contribution in [0.15, 0.2) is 6.33 Å². The number of nitrogens with zero attached hydrogens (tertiary/aromatic N) is 4. The summed E-state index contributed by atoms with van der Waals surface area (Å²) in [6, 6.07) is 0. The van der Waals surface area contributed by atoms with Crippen LogP contribution in [0.3, 0.4) is 0 Å². The molecule has 0 aromatic carbocycles. The van der Waals surface area contributed by atoms with E-state index in [0.717, 1.165) is 4.52 Å². The van der Waals surface area contributed by atoms with Crippen molar-refractivity contribution in [1.29, 1.82) is 0 Å². The van der Waals surface area contributed by atoms with E-state index in [4.69, 9.17) is 5.73 Å². The van der Waals surface area contributed by atoms with Gasteiger partial charge in [-0.25, -0.2) is 9.37 Å². The first-order valence-electron chi connectivity index (χ1n) is 3.31. The molecule has 0 radical (unpaired) electrons. The lowest BCUT2D eigenvalue weighted by Crippen LogP contribution is -2.06. The van der Waals surface area contributed by atoms with Gasteiger partial charge in [-0.2, -0.15) is 14.6 Å². The molecule has 62 valence electrons. The van der Waals surface area contributed by atoms with Crippen molar-refractivity contribution in [2.45, 2.75) is 6.92 Å². The van der Waals surface area contributed by atoms with E-state index in [-0.39, 0.29) is 11.5 Å². The Kier molecular flexibility index (Phi) is 1.24. The molecule has 0 saturated heterocycles. The van der Waals surface area contributed by atoms with Gasteiger partial charge < -0.3 is 5.73 Å². The SMILES string of the molecule is Cc1nc2ncnn2c(N)c1F. The van der Waals surface area contributed by atoms with Crippen molar-refractivity contribution in [3.63, 3.8) is 0 Å². The molecule has 0 aliphatic carbocycles. The molecule has 0 amide bonds. The number of halogens is 1. The van der Waals surface area contributed by atoms with Gasteiger partial charge in [0.25, 0.3) is 5.78 Å². The summed E-state index contributed by atoms with van der Waals surface area (Å²) in [4.78, 5) is 7.61. The fourth-order valence-corrected chi connectivity index (χ4v) is 0.959. The van der Waals surface area contributed by atoms with Crippen molar-refractivity contribution in [2.24, 2.45) is 0 Å². The second kappa shape index (κ2) is 2.13. The number of nitrogens with two attached hydrogens (primary N) is 1. The molecule has 2 aromatic heterocycles. The highest BCUT2D eigenvalue weighted by molar-refractivity contribution is 5.42. The quantitative estimate of drug-likeness (QED) is 0.606. The minimum absolute atomic E-state index is 0.0602. The topological polar surface area (TPSA) is 69.1 Å². The first-order valence-corrected chi connectivity index (χ1v) is 3.31. The molecule has 6 heteroatoms. The molecule has 2 aromatic rings. The van der Waals surface area contributed by atoms with Crippen LogP contribution >= 0.6 is 0 Å². The van der Waals surface area contributed by atoms with Crippen molar-refractivity contribution in [1.82, 2.24) is 19.6 Å². The molecule has 0 aliphatic rings. The van der Waals surface area contributed by atoms with E-state index in [1.807, 2.05) is 0 Å². The zero-order valence-electron chi connectivity index (χ0n) is 6.32. The standard InChI is InChI=1S/C6H6FN5/c1-3-4(7)5(8)12-6(11-3)9-2-10-12/h2H,8H2,1H3. The van der Waals surface area contributed by atoms with Crippen molar-refractivity contribution >= 4 is 11.6 Å². The molecule has 0 spiro atoms. The predicted octanol–water partition coefficient (Wildman–Crippen LogP) is 0.154. The number of nitrogen functional groups attached to an aromatic ring is 1. The third kappa shape index (κ3) is 0.744. The average molecular weight is 167 g/mol. The highest BCUT2D eigenvalue weighted by Gasteiger charge is 2.09. The summed E-state index contributed by atoms with van der Waals surface area (Å²) in [5.74, 6) is -0.297. The molecule has 2 rings (SSSR count). The van der Waals surface area contributed by atoms with E-state index < -0.39 is 5.82 Å². The van der Waals surface area contributed by atoms with Gasteiger partial charge in [0.1, 0.15) is 6.33 Å². The van der Waals surface area contributed by atoms with Crippen LogP contribution in [-0.2, 0) is 0 Å². The van der Waals surface area contributed by atoms with Gasteiger partial charge in [0.05, 0.1) is 5.69 Å². The molecule has 0 bridgehead atoms. The zero-order chi connectivity index (χ0) is 8.72. The molecule has 0 aliphatic heterocycles. The third-order valence-corrected chi connectivity index (χ3v) is 1.57. The Morgan fingerprint density at radius 2 is 2.33 bits per heavy atom. The van der Waals surface area contributed by atoms with E-state index in [9.17, 15) is 4.39 Å². The lowest BCUT2D eigenvalue weighted by atomic mass is 10.4. The van der Waals surface area contributed by atoms with Gasteiger partial charge in [0.15, 0.2) is 11.6 Å². The molecule has 2 N–H and O–H groups in total. The summed E-state index contributed by atoms with van der Waals surface area (Å²) < 4.78 is 14.2. The smallest absolute Gasteiger partial charge is 0.254 e. The Bertz CT molecular complexity index is 435. The van der Waals surface area contributed by atoms with E-state index in [2.05, 4.69) is 15.1 Å². The maximum Gasteiger partial charge on any atom is 0.254 e. The van der Waals surface area contributed by atoms with Gasteiger partial charge >= 0.3 is 0 Å². The zero-order valence-corrected chi connectivity index (χ0v) is 6.32. The van der Waals surface area contributed by atoms with Crippen LogP contribution in [0.2, 0.25) is 0 Å². The van der Waals surface area contributed by atoms with Crippen LogP contribution < -0.4 is 5.73 Å². The van der Waals surface area contributed by atoms with Crippen molar-refractivity contribution in [3.8, 4) is 0 Å². The van der Waals surface area contributed by atoms with Crippen molar-refractivity contribution in [3.05, 3.63) is 17.8 Å².